The summed E-state index contributed by atoms with van der Waals surface area (Å²) in [6.07, 6.45) is -1.13. The molecular weight excluding hydrogens is 364 g/mol. The molecule has 7 heteroatoms. The van der Waals surface area contributed by atoms with E-state index in [-0.39, 0.29) is 5.91 Å². The molecule has 4 rings (SSSR count). The molecule has 1 aliphatic heterocycles. The summed E-state index contributed by atoms with van der Waals surface area (Å²) in [5, 5.41) is 0.862. The first-order valence-electron chi connectivity index (χ1n) is 8.63. The summed E-state index contributed by atoms with van der Waals surface area (Å²) in [5.74, 6) is 1.17. The number of fused-ring (bicyclic) bond motifs is 1. The Labute approximate surface area is 161 Å². The number of amides is 1. The second kappa shape index (κ2) is 7.17. The van der Waals surface area contributed by atoms with E-state index < -0.39 is 12.3 Å². The summed E-state index contributed by atoms with van der Waals surface area (Å²) in [6.45, 7) is 2.13. The Hall–Kier alpha value is -2.64. The molecule has 0 saturated carbocycles. The van der Waals surface area contributed by atoms with Gasteiger partial charge in [0.2, 0.25) is 0 Å². The molecule has 1 saturated heterocycles. The van der Waals surface area contributed by atoms with Crippen LogP contribution in [0.3, 0.4) is 0 Å². The molecule has 6 nitrogen and oxygen atoms in total. The molecule has 0 aliphatic carbocycles. The van der Waals surface area contributed by atoms with Crippen LogP contribution >= 0.6 is 11.3 Å². The second-order valence-corrected chi connectivity index (χ2v) is 7.36. The largest absolute Gasteiger partial charge is 0.496 e. The molecule has 140 valence electrons. The Bertz CT molecular complexity index is 932. The van der Waals surface area contributed by atoms with E-state index in [1.54, 1.807) is 37.4 Å². The smallest absolute Gasteiger partial charge is 0.254 e. The van der Waals surface area contributed by atoms with E-state index in [2.05, 4.69) is 4.98 Å². The summed E-state index contributed by atoms with van der Waals surface area (Å²) in [5.41, 5.74) is 1.64. The van der Waals surface area contributed by atoms with Gasteiger partial charge < -0.3 is 19.1 Å². The van der Waals surface area contributed by atoms with E-state index in [9.17, 15) is 4.79 Å². The SMILES string of the molecule is COc1cccc(OC)c1C1OC(C)C(=O)N1Cc1nc2ccccc2s1. The molecule has 3 aromatic rings. The first kappa shape index (κ1) is 17.8. The van der Waals surface area contributed by atoms with Crippen LogP contribution in [0.15, 0.2) is 42.5 Å². The first-order chi connectivity index (χ1) is 13.1. The molecule has 2 aromatic carbocycles. The normalized spacial score (nSPS) is 19.7. The number of carbonyl (C=O) groups excluding carboxylic acids is 1. The Morgan fingerprint density at radius 1 is 1.11 bits per heavy atom. The van der Waals surface area contributed by atoms with E-state index in [4.69, 9.17) is 14.2 Å². The average molecular weight is 384 g/mol. The lowest BCUT2D eigenvalue weighted by Crippen LogP contribution is -2.30. The van der Waals surface area contributed by atoms with Gasteiger partial charge in [0.05, 0.1) is 36.5 Å². The predicted molar refractivity (Wildman–Crippen MR) is 103 cm³/mol. The highest BCUT2D eigenvalue weighted by Gasteiger charge is 2.42. The van der Waals surface area contributed by atoms with Gasteiger partial charge >= 0.3 is 0 Å². The number of benzene rings is 2. The van der Waals surface area contributed by atoms with Crippen LogP contribution in [0.5, 0.6) is 11.5 Å². The fraction of sp³-hybridized carbons (Fsp3) is 0.300. The monoisotopic (exact) mass is 384 g/mol. The van der Waals surface area contributed by atoms with Crippen LogP contribution in [0.1, 0.15) is 23.7 Å². The van der Waals surface area contributed by atoms with Gasteiger partial charge in [-0.05, 0) is 31.2 Å². The quantitative estimate of drug-likeness (QED) is 0.670. The summed E-state index contributed by atoms with van der Waals surface area (Å²) in [6, 6.07) is 13.5. The van der Waals surface area contributed by atoms with Gasteiger partial charge in [0.1, 0.15) is 22.6 Å². The molecule has 2 unspecified atom stereocenters. The van der Waals surface area contributed by atoms with E-state index in [0.717, 1.165) is 15.2 Å². The van der Waals surface area contributed by atoms with Crippen molar-refractivity contribution in [2.24, 2.45) is 0 Å². The number of aromatic nitrogens is 1. The molecule has 0 N–H and O–H groups in total. The third-order valence-electron chi connectivity index (χ3n) is 4.60. The fourth-order valence-corrected chi connectivity index (χ4v) is 4.28. The standard InChI is InChI=1S/C20H20N2O4S/c1-12-19(23)22(11-17-21-13-7-4-5-10-16(13)27-17)20(26-12)18-14(24-2)8-6-9-15(18)25-3/h4-10,12,20H,11H2,1-3H3. The minimum absolute atomic E-state index is 0.0767. The summed E-state index contributed by atoms with van der Waals surface area (Å²) in [4.78, 5) is 19.2. The van der Waals surface area contributed by atoms with Gasteiger partial charge in [-0.2, -0.15) is 0 Å². The van der Waals surface area contributed by atoms with E-state index in [1.807, 2.05) is 42.5 Å². The Morgan fingerprint density at radius 3 is 2.48 bits per heavy atom. The average Bonchev–Trinajstić information content (AvgIpc) is 3.22. The lowest BCUT2D eigenvalue weighted by molar-refractivity contribution is -0.130. The lowest BCUT2D eigenvalue weighted by atomic mass is 10.1. The molecule has 27 heavy (non-hydrogen) atoms. The maximum Gasteiger partial charge on any atom is 0.254 e. The van der Waals surface area contributed by atoms with Crippen LogP contribution in [-0.2, 0) is 16.1 Å². The number of hydrogen-bond acceptors (Lipinski definition) is 6. The maximum atomic E-state index is 12.8. The van der Waals surface area contributed by atoms with Crippen molar-refractivity contribution in [1.82, 2.24) is 9.88 Å². The van der Waals surface area contributed by atoms with Crippen molar-refractivity contribution in [2.75, 3.05) is 14.2 Å². The third-order valence-corrected chi connectivity index (χ3v) is 5.62. The lowest BCUT2D eigenvalue weighted by Gasteiger charge is -2.25. The van der Waals surface area contributed by atoms with Crippen LogP contribution in [0, 0.1) is 0 Å². The number of ether oxygens (including phenoxy) is 3. The fourth-order valence-electron chi connectivity index (χ4n) is 3.32. The molecule has 1 aromatic heterocycles. The van der Waals surface area contributed by atoms with E-state index in [0.29, 0.717) is 23.6 Å². The van der Waals surface area contributed by atoms with E-state index >= 15 is 0 Å². The zero-order valence-electron chi connectivity index (χ0n) is 15.3. The molecule has 0 radical (unpaired) electrons. The van der Waals surface area contributed by atoms with E-state index in [1.165, 1.54) is 0 Å². The highest BCUT2D eigenvalue weighted by atomic mass is 32.1. The Kier molecular flexibility index (Phi) is 4.72. The Balaban J connectivity index is 1.73. The van der Waals surface area contributed by atoms with Crippen molar-refractivity contribution in [3.8, 4) is 11.5 Å². The van der Waals surface area contributed by atoms with Crippen LogP contribution in [0.25, 0.3) is 10.2 Å². The van der Waals surface area contributed by atoms with Gasteiger partial charge in [0.15, 0.2) is 6.23 Å². The van der Waals surface area contributed by atoms with Gasteiger partial charge in [-0.15, -0.1) is 11.3 Å². The van der Waals surface area contributed by atoms with Crippen LogP contribution in [0.2, 0.25) is 0 Å². The predicted octanol–water partition coefficient (Wildman–Crippen LogP) is 3.76. The highest BCUT2D eigenvalue weighted by Crippen LogP contribution is 2.42. The molecule has 2 atom stereocenters. The number of para-hydroxylation sites is 1. The van der Waals surface area contributed by atoms with Crippen molar-refractivity contribution in [2.45, 2.75) is 25.8 Å². The van der Waals surface area contributed by atoms with Crippen molar-refractivity contribution in [3.63, 3.8) is 0 Å². The first-order valence-corrected chi connectivity index (χ1v) is 9.45. The zero-order chi connectivity index (χ0) is 19.0. The number of rotatable bonds is 5. The number of hydrogen-bond donors (Lipinski definition) is 0. The third kappa shape index (κ3) is 3.13. The van der Waals surface area contributed by atoms with Crippen molar-refractivity contribution in [1.29, 1.82) is 0 Å². The maximum absolute atomic E-state index is 12.8. The molecule has 1 amide bonds. The van der Waals surface area contributed by atoms with Gasteiger partial charge in [0.25, 0.3) is 5.91 Å². The Morgan fingerprint density at radius 2 is 1.81 bits per heavy atom. The number of nitrogens with zero attached hydrogens (tertiary/aromatic N) is 2. The highest BCUT2D eigenvalue weighted by molar-refractivity contribution is 7.18. The number of methoxy groups -OCH3 is 2. The molecule has 1 fully saturated rings. The van der Waals surface area contributed by atoms with Crippen molar-refractivity contribution < 1.29 is 19.0 Å². The van der Waals surface area contributed by atoms with Crippen molar-refractivity contribution >= 4 is 27.5 Å². The topological polar surface area (TPSA) is 60.9 Å². The minimum atomic E-state index is -0.592. The number of thiazole rings is 1. The second-order valence-electron chi connectivity index (χ2n) is 6.25. The van der Waals surface area contributed by atoms with Crippen LogP contribution in [-0.4, -0.2) is 36.1 Å². The summed E-state index contributed by atoms with van der Waals surface area (Å²) < 4.78 is 18.1. The molecule has 2 heterocycles. The zero-order valence-corrected chi connectivity index (χ0v) is 16.2. The van der Waals surface area contributed by atoms with Crippen LogP contribution in [0.4, 0.5) is 0 Å². The summed E-state index contributed by atoms with van der Waals surface area (Å²) in [7, 11) is 3.19. The molecular formula is C20H20N2O4S. The van der Waals surface area contributed by atoms with Crippen LogP contribution < -0.4 is 9.47 Å². The molecule has 1 aliphatic rings. The number of carbonyl (C=O) groups is 1. The molecule has 0 spiro atoms. The van der Waals surface area contributed by atoms with Gasteiger partial charge in [0, 0.05) is 0 Å². The summed E-state index contributed by atoms with van der Waals surface area (Å²) >= 11 is 1.58. The molecule has 0 bridgehead atoms. The van der Waals surface area contributed by atoms with Gasteiger partial charge in [-0.3, -0.25) is 4.79 Å². The van der Waals surface area contributed by atoms with Crippen molar-refractivity contribution in [3.05, 3.63) is 53.0 Å². The van der Waals surface area contributed by atoms with Gasteiger partial charge in [-0.1, -0.05) is 18.2 Å². The minimum Gasteiger partial charge on any atom is -0.496 e. The van der Waals surface area contributed by atoms with Gasteiger partial charge in [-0.25, -0.2) is 4.98 Å².